The van der Waals surface area contributed by atoms with Crippen molar-refractivity contribution in [2.24, 2.45) is 0 Å². The summed E-state index contributed by atoms with van der Waals surface area (Å²) in [5.41, 5.74) is 1.88. The van der Waals surface area contributed by atoms with Crippen molar-refractivity contribution in [3.8, 4) is 5.75 Å². The van der Waals surface area contributed by atoms with Gasteiger partial charge in [0.05, 0.1) is 35.4 Å². The van der Waals surface area contributed by atoms with Crippen LogP contribution in [-0.4, -0.2) is 40.9 Å². The summed E-state index contributed by atoms with van der Waals surface area (Å²) in [7, 11) is 0. The lowest BCUT2D eigenvalue weighted by Crippen LogP contribution is -2.29. The van der Waals surface area contributed by atoms with Gasteiger partial charge in [0.1, 0.15) is 11.5 Å². The van der Waals surface area contributed by atoms with Crippen LogP contribution in [0.2, 0.25) is 5.02 Å². The van der Waals surface area contributed by atoms with Gasteiger partial charge in [0, 0.05) is 12.1 Å². The highest BCUT2D eigenvalue weighted by Crippen LogP contribution is 2.41. The number of Topliss-reactive ketones (excluding diaryl/α,β-unsaturated/α-hetero) is 1. The molecule has 1 saturated heterocycles. The summed E-state index contributed by atoms with van der Waals surface area (Å²) in [5.74, 6) is -1.90. The smallest absolute Gasteiger partial charge is 0.338 e. The molecule has 0 radical (unpaired) electrons. The second-order valence-electron chi connectivity index (χ2n) is 8.33. The number of rotatable bonds is 8. The Balaban J connectivity index is 1.77. The maximum atomic E-state index is 13.3. The van der Waals surface area contributed by atoms with Gasteiger partial charge in [-0.05, 0) is 55.3 Å². The number of aliphatic hydroxyl groups is 1. The predicted octanol–water partition coefficient (Wildman–Crippen LogP) is 5.54. The van der Waals surface area contributed by atoms with E-state index in [1.54, 1.807) is 73.7 Å². The zero-order chi connectivity index (χ0) is 26.5. The minimum Gasteiger partial charge on any atom is -0.507 e. The summed E-state index contributed by atoms with van der Waals surface area (Å²) < 4.78 is 10.5. The van der Waals surface area contributed by atoms with Gasteiger partial charge in [-0.15, -0.1) is 0 Å². The maximum absolute atomic E-state index is 13.3. The number of halogens is 1. The molecule has 4 rings (SSSR count). The van der Waals surface area contributed by atoms with Gasteiger partial charge in [-0.2, -0.15) is 0 Å². The van der Waals surface area contributed by atoms with Crippen LogP contribution in [-0.2, 0) is 20.9 Å². The Labute approximate surface area is 219 Å². The summed E-state index contributed by atoms with van der Waals surface area (Å²) in [6.07, 6.45) is 0. The lowest BCUT2D eigenvalue weighted by Gasteiger charge is -2.25. The molecule has 1 N–H and O–H groups in total. The van der Waals surface area contributed by atoms with Gasteiger partial charge in [-0.3, -0.25) is 9.59 Å². The molecular formula is C29H26ClNO6. The van der Waals surface area contributed by atoms with E-state index < -0.39 is 23.7 Å². The number of ether oxygens (including phenoxy) is 2. The van der Waals surface area contributed by atoms with Crippen LogP contribution in [0.1, 0.15) is 46.9 Å². The number of carbonyl (C=O) groups is 3. The van der Waals surface area contributed by atoms with E-state index in [1.165, 1.54) is 4.90 Å². The molecule has 3 aromatic rings. The van der Waals surface area contributed by atoms with Crippen LogP contribution < -0.4 is 4.74 Å². The van der Waals surface area contributed by atoms with Crippen molar-refractivity contribution in [2.75, 3.05) is 13.2 Å². The molecule has 1 amide bonds. The molecule has 0 saturated carbocycles. The Hall–Kier alpha value is -4.10. The summed E-state index contributed by atoms with van der Waals surface area (Å²) in [6, 6.07) is 19.6. The molecule has 0 aliphatic carbocycles. The lowest BCUT2D eigenvalue weighted by molar-refractivity contribution is -0.140. The van der Waals surface area contributed by atoms with Crippen molar-refractivity contribution < 1.29 is 29.0 Å². The second kappa shape index (κ2) is 11.3. The summed E-state index contributed by atoms with van der Waals surface area (Å²) in [6.45, 7) is 4.31. The lowest BCUT2D eigenvalue weighted by atomic mass is 9.95. The second-order valence-corrected chi connectivity index (χ2v) is 8.74. The highest BCUT2D eigenvalue weighted by molar-refractivity contribution is 6.47. The van der Waals surface area contributed by atoms with E-state index in [9.17, 15) is 19.5 Å². The molecule has 7 nitrogen and oxygen atoms in total. The van der Waals surface area contributed by atoms with E-state index in [2.05, 4.69) is 0 Å². The molecule has 1 heterocycles. The van der Waals surface area contributed by atoms with Crippen molar-refractivity contribution in [3.63, 3.8) is 0 Å². The molecule has 1 aliphatic rings. The number of hydrogen-bond donors (Lipinski definition) is 1. The first-order valence-electron chi connectivity index (χ1n) is 11.9. The fourth-order valence-electron chi connectivity index (χ4n) is 4.27. The fourth-order valence-corrected chi connectivity index (χ4v) is 4.48. The Morgan fingerprint density at radius 2 is 1.68 bits per heavy atom. The van der Waals surface area contributed by atoms with Crippen LogP contribution in [0.25, 0.3) is 5.76 Å². The third-order valence-corrected chi connectivity index (χ3v) is 6.31. The van der Waals surface area contributed by atoms with Crippen LogP contribution in [0.5, 0.6) is 5.75 Å². The van der Waals surface area contributed by atoms with Crippen LogP contribution in [0.3, 0.4) is 0 Å². The largest absolute Gasteiger partial charge is 0.507 e. The Kier molecular flexibility index (Phi) is 7.94. The number of amides is 1. The first-order chi connectivity index (χ1) is 17.8. The molecule has 190 valence electrons. The summed E-state index contributed by atoms with van der Waals surface area (Å²) in [5, 5.41) is 11.6. The number of carbonyl (C=O) groups excluding carboxylic acids is 3. The molecule has 1 fully saturated rings. The van der Waals surface area contributed by atoms with Gasteiger partial charge in [-0.25, -0.2) is 4.79 Å². The first-order valence-corrected chi connectivity index (χ1v) is 12.3. The minimum absolute atomic E-state index is 0.0603. The van der Waals surface area contributed by atoms with Crippen molar-refractivity contribution in [3.05, 3.63) is 106 Å². The van der Waals surface area contributed by atoms with E-state index in [1.807, 2.05) is 13.0 Å². The monoisotopic (exact) mass is 519 g/mol. The molecular weight excluding hydrogens is 494 g/mol. The summed E-state index contributed by atoms with van der Waals surface area (Å²) >= 11 is 6.38. The average molecular weight is 520 g/mol. The van der Waals surface area contributed by atoms with E-state index in [-0.39, 0.29) is 35.1 Å². The molecule has 1 atom stereocenters. The number of likely N-dealkylation sites (tertiary alicyclic amines) is 1. The van der Waals surface area contributed by atoms with E-state index in [0.29, 0.717) is 29.0 Å². The van der Waals surface area contributed by atoms with Gasteiger partial charge in [0.2, 0.25) is 0 Å². The standard InChI is InChI=1S/C29H26ClNO6/c1-3-36-21-14-15-23(30)22(16-21)26(32)24-25(19-8-6-5-7-9-19)31(28(34)27(24)33)17-18-10-12-20(13-11-18)29(35)37-4-2/h5-16,25,32H,3-4,17H2,1-2H3/b26-24+. The zero-order valence-electron chi connectivity index (χ0n) is 20.4. The molecule has 0 aromatic heterocycles. The number of hydrogen-bond acceptors (Lipinski definition) is 6. The third-order valence-electron chi connectivity index (χ3n) is 5.98. The predicted molar refractivity (Wildman–Crippen MR) is 139 cm³/mol. The van der Waals surface area contributed by atoms with Gasteiger partial charge >= 0.3 is 5.97 Å². The van der Waals surface area contributed by atoms with Gasteiger partial charge in [-0.1, -0.05) is 54.1 Å². The van der Waals surface area contributed by atoms with Crippen molar-refractivity contribution in [1.82, 2.24) is 4.90 Å². The molecule has 1 unspecified atom stereocenters. The van der Waals surface area contributed by atoms with Crippen molar-refractivity contribution in [2.45, 2.75) is 26.4 Å². The third kappa shape index (κ3) is 5.37. The Morgan fingerprint density at radius 3 is 2.32 bits per heavy atom. The number of aliphatic hydroxyl groups excluding tert-OH is 1. The van der Waals surface area contributed by atoms with E-state index in [0.717, 1.165) is 0 Å². The number of esters is 1. The Bertz CT molecular complexity index is 1350. The van der Waals surface area contributed by atoms with E-state index in [4.69, 9.17) is 21.1 Å². The van der Waals surface area contributed by atoms with Gasteiger partial charge in [0.25, 0.3) is 11.7 Å². The molecule has 37 heavy (non-hydrogen) atoms. The highest BCUT2D eigenvalue weighted by atomic mass is 35.5. The molecule has 3 aromatic carbocycles. The molecule has 8 heteroatoms. The molecule has 0 bridgehead atoms. The topological polar surface area (TPSA) is 93.1 Å². The van der Waals surface area contributed by atoms with Crippen molar-refractivity contribution >= 4 is 35.0 Å². The van der Waals surface area contributed by atoms with E-state index >= 15 is 0 Å². The summed E-state index contributed by atoms with van der Waals surface area (Å²) in [4.78, 5) is 39.9. The van der Waals surface area contributed by atoms with Crippen LogP contribution in [0.15, 0.2) is 78.4 Å². The minimum atomic E-state index is -0.849. The zero-order valence-corrected chi connectivity index (χ0v) is 21.2. The van der Waals surface area contributed by atoms with Crippen LogP contribution in [0, 0.1) is 0 Å². The van der Waals surface area contributed by atoms with Gasteiger partial charge < -0.3 is 19.5 Å². The highest BCUT2D eigenvalue weighted by Gasteiger charge is 2.46. The number of ketones is 1. The van der Waals surface area contributed by atoms with Crippen LogP contribution in [0.4, 0.5) is 0 Å². The normalized spacial score (nSPS) is 16.6. The Morgan fingerprint density at radius 1 is 0.973 bits per heavy atom. The van der Waals surface area contributed by atoms with Crippen molar-refractivity contribution in [1.29, 1.82) is 0 Å². The maximum Gasteiger partial charge on any atom is 0.338 e. The first kappa shape index (κ1) is 26.0. The number of nitrogens with zero attached hydrogens (tertiary/aromatic N) is 1. The van der Waals surface area contributed by atoms with Crippen LogP contribution >= 0.6 is 11.6 Å². The fraction of sp³-hybridized carbons (Fsp3) is 0.207. The molecule has 1 aliphatic heterocycles. The quantitative estimate of drug-likeness (QED) is 0.182. The molecule has 0 spiro atoms. The average Bonchev–Trinajstić information content (AvgIpc) is 3.15. The SMILES string of the molecule is CCOC(=O)c1ccc(CN2C(=O)C(=O)/C(=C(/O)c3cc(OCC)ccc3Cl)C2c2ccccc2)cc1. The number of benzene rings is 3. The van der Waals surface area contributed by atoms with Gasteiger partial charge in [0.15, 0.2) is 0 Å².